The predicted molar refractivity (Wildman–Crippen MR) is 131 cm³/mol. The Balaban J connectivity index is 2.49. The zero-order chi connectivity index (χ0) is 25.8. The lowest BCUT2D eigenvalue weighted by molar-refractivity contribution is -0.210. The fourth-order valence-corrected chi connectivity index (χ4v) is 4.01. The summed E-state index contributed by atoms with van der Waals surface area (Å²) in [5.74, 6) is -2.30. The van der Waals surface area contributed by atoms with Gasteiger partial charge in [0.25, 0.3) is 0 Å². The van der Waals surface area contributed by atoms with Gasteiger partial charge in [-0.2, -0.15) is 0 Å². The predicted octanol–water partition coefficient (Wildman–Crippen LogP) is 4.91. The molecule has 1 unspecified atom stereocenters. The van der Waals surface area contributed by atoms with Gasteiger partial charge in [0, 0.05) is 0 Å². The molecule has 2 N–H and O–H groups in total. The second kappa shape index (κ2) is 14.1. The normalized spacial score (nSPS) is 16.9. The average molecular weight is 479 g/mol. The molecule has 0 aliphatic carbocycles. The van der Waals surface area contributed by atoms with E-state index >= 15 is 0 Å². The molecule has 0 spiro atoms. The van der Waals surface area contributed by atoms with Crippen molar-refractivity contribution in [2.75, 3.05) is 14.2 Å². The Morgan fingerprint density at radius 2 is 1.65 bits per heavy atom. The monoisotopic (exact) mass is 478 g/mol. The van der Waals surface area contributed by atoms with Gasteiger partial charge in [0.05, 0.1) is 26.7 Å². The average Bonchev–Trinajstić information content (AvgIpc) is 3.31. The summed E-state index contributed by atoms with van der Waals surface area (Å²) in [6.45, 7) is 7.21. The third-order valence-electron chi connectivity index (χ3n) is 6.36. The Labute approximate surface area is 203 Å². The highest BCUT2D eigenvalue weighted by Crippen LogP contribution is 2.33. The van der Waals surface area contributed by atoms with Crippen LogP contribution in [0.3, 0.4) is 0 Å². The van der Waals surface area contributed by atoms with E-state index < -0.39 is 23.1 Å². The Morgan fingerprint density at radius 3 is 2.18 bits per heavy atom. The molecule has 1 heterocycles. The number of carbonyl (C=O) groups excluding carboxylic acids is 2. The van der Waals surface area contributed by atoms with E-state index in [4.69, 9.17) is 4.42 Å². The first-order valence-corrected chi connectivity index (χ1v) is 11.9. The van der Waals surface area contributed by atoms with E-state index in [0.29, 0.717) is 6.42 Å². The zero-order valence-electron chi connectivity index (χ0n) is 21.6. The number of esters is 2. The van der Waals surface area contributed by atoms with E-state index in [9.17, 15) is 19.8 Å². The second-order valence-corrected chi connectivity index (χ2v) is 9.43. The minimum atomic E-state index is -2.42. The number of ether oxygens (including phenoxy) is 2. The molecular formula is C27H42O7. The van der Waals surface area contributed by atoms with E-state index in [1.165, 1.54) is 16.7 Å². The molecule has 0 aliphatic heterocycles. The molecule has 7 nitrogen and oxygen atoms in total. The van der Waals surface area contributed by atoms with E-state index in [2.05, 4.69) is 35.5 Å². The standard InChI is InChI=1S/C27H42O7/c1-20(10-7-11-21(2)13-9-15-23-16-17-34-19-23)12-8-14-22(3)18-27(31,25(29)33-6)26(4,30)24(28)32-5/h12-13,16-17,19,22,30-31H,7-11,14-15,18H2,1-6H3/b20-12-,21-13+/t22-,26?,27+/m1/s1. The Bertz CT molecular complexity index is 820. The minimum Gasteiger partial charge on any atom is -0.472 e. The van der Waals surface area contributed by atoms with Crippen LogP contribution in [0.15, 0.2) is 46.3 Å². The zero-order valence-corrected chi connectivity index (χ0v) is 21.6. The fraction of sp³-hybridized carbons (Fsp3) is 0.630. The lowest BCUT2D eigenvalue weighted by Crippen LogP contribution is -2.63. The van der Waals surface area contributed by atoms with Crippen LogP contribution in [0.2, 0.25) is 0 Å². The van der Waals surface area contributed by atoms with Crippen molar-refractivity contribution in [1.29, 1.82) is 0 Å². The number of aryl methyl sites for hydroxylation is 1. The Kier molecular flexibility index (Phi) is 12.3. The van der Waals surface area contributed by atoms with Gasteiger partial charge in [0.15, 0.2) is 5.60 Å². The number of rotatable bonds is 15. The van der Waals surface area contributed by atoms with Gasteiger partial charge in [0.1, 0.15) is 0 Å². The maximum absolute atomic E-state index is 12.3. The first kappa shape index (κ1) is 29.7. The molecular weight excluding hydrogens is 436 g/mol. The van der Waals surface area contributed by atoms with Crippen LogP contribution in [-0.4, -0.2) is 47.6 Å². The van der Waals surface area contributed by atoms with Crippen LogP contribution in [0.1, 0.15) is 78.2 Å². The van der Waals surface area contributed by atoms with Crippen LogP contribution in [0.5, 0.6) is 0 Å². The molecule has 0 fully saturated rings. The van der Waals surface area contributed by atoms with Gasteiger partial charge >= 0.3 is 11.9 Å². The van der Waals surface area contributed by atoms with Gasteiger partial charge in [-0.15, -0.1) is 0 Å². The number of aliphatic hydroxyl groups is 2. The lowest BCUT2D eigenvalue weighted by atomic mass is 9.77. The molecule has 7 heteroatoms. The molecule has 0 aromatic carbocycles. The van der Waals surface area contributed by atoms with Gasteiger partial charge in [-0.05, 0) is 89.7 Å². The van der Waals surface area contributed by atoms with Crippen LogP contribution in [-0.2, 0) is 25.5 Å². The maximum atomic E-state index is 12.3. The molecule has 0 saturated carbocycles. The number of hydrogen-bond donors (Lipinski definition) is 2. The number of carbonyl (C=O) groups is 2. The van der Waals surface area contributed by atoms with E-state index in [1.807, 2.05) is 13.0 Å². The van der Waals surface area contributed by atoms with Crippen molar-refractivity contribution in [2.45, 2.75) is 90.3 Å². The van der Waals surface area contributed by atoms with Crippen LogP contribution >= 0.6 is 0 Å². The summed E-state index contributed by atoms with van der Waals surface area (Å²) in [7, 11) is 2.19. The van der Waals surface area contributed by atoms with Crippen molar-refractivity contribution in [3.63, 3.8) is 0 Å². The van der Waals surface area contributed by atoms with Gasteiger partial charge in [0.2, 0.25) is 5.60 Å². The third kappa shape index (κ3) is 8.76. The number of hydrogen-bond acceptors (Lipinski definition) is 7. The van der Waals surface area contributed by atoms with E-state index in [-0.39, 0.29) is 12.3 Å². The summed E-state index contributed by atoms with van der Waals surface area (Å²) >= 11 is 0. The molecule has 0 aliphatic rings. The number of methoxy groups -OCH3 is 2. The second-order valence-electron chi connectivity index (χ2n) is 9.43. The van der Waals surface area contributed by atoms with Gasteiger partial charge < -0.3 is 24.1 Å². The lowest BCUT2D eigenvalue weighted by Gasteiger charge is -2.37. The third-order valence-corrected chi connectivity index (χ3v) is 6.36. The van der Waals surface area contributed by atoms with Crippen molar-refractivity contribution in [3.05, 3.63) is 47.5 Å². The fourth-order valence-electron chi connectivity index (χ4n) is 4.01. The molecule has 34 heavy (non-hydrogen) atoms. The smallest absolute Gasteiger partial charge is 0.341 e. The first-order chi connectivity index (χ1) is 16.0. The van der Waals surface area contributed by atoms with Crippen molar-refractivity contribution in [3.8, 4) is 0 Å². The van der Waals surface area contributed by atoms with Crippen molar-refractivity contribution in [2.24, 2.45) is 5.92 Å². The molecule has 192 valence electrons. The van der Waals surface area contributed by atoms with Crippen LogP contribution in [0, 0.1) is 5.92 Å². The van der Waals surface area contributed by atoms with Gasteiger partial charge in [-0.3, -0.25) is 0 Å². The van der Waals surface area contributed by atoms with E-state index in [0.717, 1.165) is 59.7 Å². The summed E-state index contributed by atoms with van der Waals surface area (Å²) in [4.78, 5) is 24.2. The van der Waals surface area contributed by atoms with Crippen molar-refractivity contribution < 1.29 is 33.7 Å². The van der Waals surface area contributed by atoms with Crippen LogP contribution < -0.4 is 0 Å². The summed E-state index contributed by atoms with van der Waals surface area (Å²) < 4.78 is 14.3. The minimum absolute atomic E-state index is 0.128. The summed E-state index contributed by atoms with van der Waals surface area (Å²) in [6, 6.07) is 2.00. The molecule has 1 aromatic rings. The highest BCUT2D eigenvalue weighted by Gasteiger charge is 2.58. The molecule has 0 bridgehead atoms. The molecule has 1 rings (SSSR count). The quantitative estimate of drug-likeness (QED) is 0.272. The molecule has 0 amide bonds. The SMILES string of the molecule is COC(=O)C(C)(O)[C@](O)(C[C@H](C)CC/C=C(/C)CCC/C(C)=C/CCc1ccoc1)C(=O)OC. The number of furan rings is 1. The molecule has 0 radical (unpaired) electrons. The van der Waals surface area contributed by atoms with Crippen molar-refractivity contribution >= 4 is 11.9 Å². The highest BCUT2D eigenvalue weighted by atomic mass is 16.6. The maximum Gasteiger partial charge on any atom is 0.341 e. The Morgan fingerprint density at radius 1 is 1.06 bits per heavy atom. The first-order valence-electron chi connectivity index (χ1n) is 11.9. The summed E-state index contributed by atoms with van der Waals surface area (Å²) in [5.41, 5.74) is -0.906. The molecule has 0 saturated heterocycles. The van der Waals surface area contributed by atoms with Crippen LogP contribution in [0.4, 0.5) is 0 Å². The summed E-state index contributed by atoms with van der Waals surface area (Å²) in [5, 5.41) is 21.5. The van der Waals surface area contributed by atoms with Crippen LogP contribution in [0.25, 0.3) is 0 Å². The van der Waals surface area contributed by atoms with Gasteiger partial charge in [-0.1, -0.05) is 30.2 Å². The highest BCUT2D eigenvalue weighted by molar-refractivity contribution is 5.92. The summed E-state index contributed by atoms with van der Waals surface area (Å²) in [6.07, 6.45) is 14.4. The number of allylic oxidation sites excluding steroid dienone is 4. The Hall–Kier alpha value is -2.38. The topological polar surface area (TPSA) is 106 Å². The largest absolute Gasteiger partial charge is 0.472 e. The van der Waals surface area contributed by atoms with Gasteiger partial charge in [-0.25, -0.2) is 9.59 Å². The van der Waals surface area contributed by atoms with E-state index in [1.54, 1.807) is 12.5 Å². The van der Waals surface area contributed by atoms with Crippen molar-refractivity contribution in [1.82, 2.24) is 0 Å². The molecule has 3 atom stereocenters. The molecule has 1 aromatic heterocycles.